The molecular weight excluding hydrogens is 1570 g/mol. The maximum Gasteiger partial charge on any atom is 0.176 e. The van der Waals surface area contributed by atoms with E-state index < -0.39 is 0 Å². The maximum atomic E-state index is 5.31. The lowest BCUT2D eigenvalue weighted by molar-refractivity contribution is -0.583. The lowest BCUT2D eigenvalue weighted by Gasteiger charge is -2.27. The molecule has 6 aliphatic rings. The van der Waals surface area contributed by atoms with Crippen LogP contribution in [0.3, 0.4) is 0 Å². The second-order valence-corrected chi connectivity index (χ2v) is 39.9. The van der Waals surface area contributed by atoms with Crippen molar-refractivity contribution in [1.29, 1.82) is 0 Å². The van der Waals surface area contributed by atoms with E-state index in [1.54, 1.807) is 19.5 Å². The normalized spacial score (nSPS) is 18.2. The molecule has 12 rings (SSSR count). The number of nitrogens with zero attached hydrogens (tertiary/aromatic N) is 12. The summed E-state index contributed by atoms with van der Waals surface area (Å²) in [4.78, 5) is 14.2. The van der Waals surface area contributed by atoms with Crippen molar-refractivity contribution in [2.75, 3.05) is 124 Å². The maximum absolute atomic E-state index is 5.31. The van der Waals surface area contributed by atoms with E-state index in [4.69, 9.17) is 4.74 Å². The van der Waals surface area contributed by atoms with Gasteiger partial charge in [0.15, 0.2) is 49.7 Å². The summed E-state index contributed by atoms with van der Waals surface area (Å²) in [7, 11) is 12.5. The third-order valence-electron chi connectivity index (χ3n) is 27.1. The van der Waals surface area contributed by atoms with Crippen molar-refractivity contribution < 1.29 is 32.2 Å². The number of para-hydroxylation sites is 6. The summed E-state index contributed by atoms with van der Waals surface area (Å²) in [6, 6.07) is 54.3. The van der Waals surface area contributed by atoms with Gasteiger partial charge in [-0.3, -0.25) is 0 Å². The fourth-order valence-electron chi connectivity index (χ4n) is 19.2. The first-order valence-corrected chi connectivity index (χ1v) is 48.2. The number of rotatable bonds is 27. The van der Waals surface area contributed by atoms with Crippen molar-refractivity contribution in [3.05, 3.63) is 275 Å². The zero-order chi connectivity index (χ0) is 95.0. The monoisotopic (exact) mass is 1740 g/mol. The first-order chi connectivity index (χ1) is 60.5. The van der Waals surface area contributed by atoms with E-state index in [0.717, 1.165) is 52.4 Å². The van der Waals surface area contributed by atoms with Crippen LogP contribution in [0, 0.1) is 5.92 Å². The average molecular weight is 1740 g/mol. The molecule has 13 nitrogen and oxygen atoms in total. The summed E-state index contributed by atoms with van der Waals surface area (Å²) >= 11 is 0. The smallest absolute Gasteiger partial charge is 0.176 e. The highest BCUT2D eigenvalue weighted by atomic mass is 16.5. The van der Waals surface area contributed by atoms with Gasteiger partial charge < -0.3 is 34.1 Å². The summed E-state index contributed by atoms with van der Waals surface area (Å²) in [6.45, 7) is 77.0. The van der Waals surface area contributed by atoms with Crippen LogP contribution in [0.5, 0.6) is 0 Å². The van der Waals surface area contributed by atoms with Crippen molar-refractivity contribution >= 4 is 71.4 Å². The molecule has 0 N–H and O–H groups in total. The molecule has 13 heteroatoms. The van der Waals surface area contributed by atoms with E-state index in [1.165, 1.54) is 134 Å². The number of methoxy groups -OCH3 is 1. The van der Waals surface area contributed by atoms with Gasteiger partial charge >= 0.3 is 0 Å². The first-order valence-electron chi connectivity index (χ1n) is 48.2. The number of ether oxygens (including phenoxy) is 1. The van der Waals surface area contributed by atoms with Gasteiger partial charge in [0.05, 0.1) is 6.61 Å². The molecule has 692 valence electrons. The Bertz CT molecular complexity index is 5050. The van der Waals surface area contributed by atoms with Gasteiger partial charge in [-0.15, -0.1) is 0 Å². The number of fused-ring (bicyclic) bond motifs is 6. The highest BCUT2D eigenvalue weighted by Crippen LogP contribution is 2.52. The molecule has 0 atom stereocenters. The highest BCUT2D eigenvalue weighted by molar-refractivity contribution is 5.83. The Labute approximate surface area is 779 Å². The predicted octanol–water partition coefficient (Wildman–Crippen LogP) is 24.9. The molecule has 0 spiro atoms. The van der Waals surface area contributed by atoms with Crippen LogP contribution >= 0.6 is 0 Å². The molecule has 6 aromatic rings. The Hall–Kier alpha value is -9.98. The van der Waals surface area contributed by atoms with Crippen LogP contribution in [-0.2, 0) is 37.2 Å². The Morgan fingerprint density at radius 3 is 0.891 bits per heavy atom. The number of anilines is 6. The van der Waals surface area contributed by atoms with Gasteiger partial charge in [0.1, 0.15) is 63.9 Å². The largest absolute Gasteiger partial charge is 0.383 e. The third kappa shape index (κ3) is 24.8. The topological polar surface area (TPSA) is 46.7 Å². The molecule has 6 aliphatic heterocycles. The van der Waals surface area contributed by atoms with Crippen molar-refractivity contribution in [3.63, 3.8) is 0 Å². The SMILES string of the molecule is C=C[N+](C=C)=CC=C1N(C)c2ccccc2C1(C)C.CC(C)CCN1C(=CC=[N+](C(C)C)C(C)C)C(C)(C)c2ccccc21.CC(C)[N+](=CC=C1N(C)c2ccccc2C1(C)C)C(C)C.CCCC[N+](=CC=C1N(C)c2ccccc2C1(C)C)CCCC.CC[N+](=CC=C1N(CCOC)c2ccccc2C1(C)C)CC.CC[N+](C)=CC=C1N(C)c2ccccc2C1(C)C. The molecule has 0 aromatic heterocycles. The summed E-state index contributed by atoms with van der Waals surface area (Å²) in [5.41, 5.74) is 24.8. The minimum Gasteiger partial charge on any atom is -0.383 e. The average Bonchev–Trinajstić information content (AvgIpc) is 1.92. The molecular formula is C115H172N12O+6. The standard InChI is InChI=1S/C23H37N2.C21H33N2.C19H29N2O.C19H29N2.C17H21N2.C16H23N2/c1-17(2)13-15-25-21-12-10-9-11-20(21)23(7,8)22(25)14-16-24(18(3)4)19(5)6;1-6-8-15-23(16-9-7-2)17-14-20-21(3,4)18-12-10-11-13-19(18)22(20)5;1-6-20(7-2)13-12-18-19(3,4)16-10-8-9-11-17(16)21(18)14-15-22-5;1-14(2)21(15(3)4)13-12-18-19(5,6)16-10-8-9-11-17(16)20(18)7;1-6-19(7-2)13-12-16-17(3,4)14-10-8-9-11-15(14)18(16)5;1-6-17(4)12-11-15-16(2,3)13-9-7-8-10-14(13)18(15)5/h9-12,14,16-19H,13,15H2,1-8H3;10-14,17H,6-9,15-16H2,1-5H3;8-13H,6-7,14-15H2,1-5H3;8-15H,1-7H3;6-13H,1-2H2,3-5H3;7-12H,6H2,1-5H3/q6*+1. The van der Waals surface area contributed by atoms with Crippen LogP contribution in [0.2, 0.25) is 0 Å². The van der Waals surface area contributed by atoms with Gasteiger partial charge in [-0.1, -0.05) is 233 Å². The van der Waals surface area contributed by atoms with E-state index in [-0.39, 0.29) is 32.5 Å². The fourth-order valence-corrected chi connectivity index (χ4v) is 19.2. The summed E-state index contributed by atoms with van der Waals surface area (Å²) in [6.07, 6.45) is 36.6. The van der Waals surface area contributed by atoms with Crippen molar-refractivity contribution in [2.45, 2.75) is 276 Å². The van der Waals surface area contributed by atoms with E-state index in [2.05, 4.69) is 501 Å². The van der Waals surface area contributed by atoms with Crippen molar-refractivity contribution in [1.82, 2.24) is 0 Å². The minimum absolute atomic E-state index is 0.00978. The third-order valence-corrected chi connectivity index (χ3v) is 27.1. The molecule has 0 aliphatic carbocycles. The van der Waals surface area contributed by atoms with Crippen LogP contribution in [0.4, 0.5) is 34.1 Å². The predicted molar refractivity (Wildman–Crippen MR) is 561 cm³/mol. The molecule has 0 radical (unpaired) electrons. The quantitative estimate of drug-likeness (QED) is 0.0376. The number of likely N-dealkylation sites (N-methyl/N-ethyl adjacent to an activating group) is 4. The van der Waals surface area contributed by atoms with E-state index in [0.29, 0.717) is 30.1 Å². The Balaban J connectivity index is 0.000000211. The van der Waals surface area contributed by atoms with Gasteiger partial charge in [0, 0.05) is 198 Å². The second kappa shape index (κ2) is 47.0. The number of hydrogen-bond acceptors (Lipinski definition) is 7. The number of benzene rings is 6. The van der Waals surface area contributed by atoms with E-state index in [9.17, 15) is 0 Å². The lowest BCUT2D eigenvalue weighted by Crippen LogP contribution is -2.30. The molecule has 128 heavy (non-hydrogen) atoms. The number of unbranched alkanes of at least 4 members (excludes halogenated alkanes) is 2. The van der Waals surface area contributed by atoms with Gasteiger partial charge in [-0.25, -0.2) is 22.9 Å². The Morgan fingerprint density at radius 2 is 0.602 bits per heavy atom. The minimum atomic E-state index is 0.00978. The molecule has 0 bridgehead atoms. The van der Waals surface area contributed by atoms with Gasteiger partial charge in [-0.2, -0.15) is 4.58 Å². The zero-order valence-electron chi connectivity index (χ0n) is 86.2. The number of allylic oxidation sites excluding steroid dienone is 12. The molecule has 0 unspecified atom stereocenters. The van der Waals surface area contributed by atoms with Gasteiger partial charge in [-0.05, 0) is 171 Å². The second-order valence-electron chi connectivity index (χ2n) is 39.9. The molecule has 0 saturated heterocycles. The van der Waals surface area contributed by atoms with Crippen LogP contribution in [0.25, 0.3) is 0 Å². The van der Waals surface area contributed by atoms with E-state index in [1.807, 2.05) is 10.8 Å². The Kier molecular flexibility index (Phi) is 38.6. The summed E-state index contributed by atoms with van der Waals surface area (Å²) in [5.74, 6) is 0.712. The van der Waals surface area contributed by atoms with Crippen LogP contribution in [0.1, 0.15) is 252 Å². The molecule has 0 amide bonds. The van der Waals surface area contributed by atoms with Crippen LogP contribution in [-0.4, -0.2) is 184 Å². The zero-order valence-corrected chi connectivity index (χ0v) is 86.2. The van der Waals surface area contributed by atoms with Crippen LogP contribution < -0.4 is 29.4 Å². The molecule has 6 aromatic carbocycles. The van der Waals surface area contributed by atoms with E-state index >= 15 is 0 Å². The highest BCUT2D eigenvalue weighted by Gasteiger charge is 2.45. The lowest BCUT2D eigenvalue weighted by atomic mass is 9.84. The molecule has 0 saturated carbocycles. The summed E-state index contributed by atoms with van der Waals surface area (Å²) in [5, 5.41) is 0. The number of hydrogen-bond donors (Lipinski definition) is 0. The summed E-state index contributed by atoms with van der Waals surface area (Å²) < 4.78 is 19.0. The van der Waals surface area contributed by atoms with Crippen molar-refractivity contribution in [3.8, 4) is 0 Å². The fraction of sp³-hybridized carbons (Fsp3) is 0.496. The van der Waals surface area contributed by atoms with Gasteiger partial charge in [0.25, 0.3) is 0 Å². The van der Waals surface area contributed by atoms with Crippen LogP contribution in [0.15, 0.2) is 242 Å². The molecule has 6 heterocycles. The van der Waals surface area contributed by atoms with Crippen molar-refractivity contribution in [2.24, 2.45) is 5.92 Å². The van der Waals surface area contributed by atoms with Gasteiger partial charge in [0.2, 0.25) is 0 Å². The Morgan fingerprint density at radius 1 is 0.336 bits per heavy atom. The molecule has 0 fully saturated rings. The first kappa shape index (κ1) is 105.